The van der Waals surface area contributed by atoms with E-state index < -0.39 is 21.7 Å². The number of phenols is 1. The lowest BCUT2D eigenvalue weighted by Gasteiger charge is -2.29. The zero-order chi connectivity index (χ0) is 32.7. The van der Waals surface area contributed by atoms with E-state index in [9.17, 15) is 34.9 Å². The average Bonchev–Trinajstić information content (AvgIpc) is 3.03. The van der Waals surface area contributed by atoms with Crippen LogP contribution in [0.5, 0.6) is 28.7 Å². The van der Waals surface area contributed by atoms with E-state index in [1.54, 1.807) is 50.2 Å². The fourth-order valence-corrected chi connectivity index (χ4v) is 5.07. The molecule has 1 aliphatic rings. The minimum absolute atomic E-state index is 0.102. The van der Waals surface area contributed by atoms with Gasteiger partial charge in [-0.1, -0.05) is 12.1 Å². The Balaban J connectivity index is 1.27. The average molecular weight is 618 g/mol. The molecule has 6 rings (SSSR count). The lowest BCUT2D eigenvalue weighted by molar-refractivity contribution is -0.385. The predicted molar refractivity (Wildman–Crippen MR) is 167 cm³/mol. The second kappa shape index (κ2) is 11.5. The molecule has 0 saturated carbocycles. The van der Waals surface area contributed by atoms with Crippen molar-refractivity contribution in [3.8, 4) is 39.9 Å². The summed E-state index contributed by atoms with van der Waals surface area (Å²) in [5.41, 5.74) is 2.46. The number of carbonyl (C=O) groups excluding carboxylic acids is 2. The van der Waals surface area contributed by atoms with Crippen molar-refractivity contribution >= 4 is 28.9 Å². The number of nitrogens with zero attached hydrogens (tertiary/aromatic N) is 3. The van der Waals surface area contributed by atoms with E-state index in [0.717, 1.165) is 4.90 Å². The second-order valence-corrected chi connectivity index (χ2v) is 10.5. The molecule has 5 aromatic rings. The number of carbonyl (C=O) groups is 2. The summed E-state index contributed by atoms with van der Waals surface area (Å²) >= 11 is 0. The number of benzene rings is 5. The molecule has 46 heavy (non-hydrogen) atoms. The number of hydrogen-bond donors (Lipinski definition) is 1. The minimum Gasteiger partial charge on any atom is -0.508 e. The second-order valence-electron chi connectivity index (χ2n) is 10.5. The van der Waals surface area contributed by atoms with Crippen molar-refractivity contribution in [2.45, 2.75) is 13.8 Å². The number of nitro groups is 2. The van der Waals surface area contributed by atoms with Gasteiger partial charge in [0.15, 0.2) is 0 Å². The van der Waals surface area contributed by atoms with E-state index >= 15 is 0 Å². The number of fused-ring (bicyclic) bond motifs is 2. The summed E-state index contributed by atoms with van der Waals surface area (Å²) in [6.45, 7) is 3.51. The van der Waals surface area contributed by atoms with Crippen LogP contribution in [0.15, 0.2) is 97.1 Å². The van der Waals surface area contributed by atoms with Crippen molar-refractivity contribution in [3.63, 3.8) is 0 Å². The summed E-state index contributed by atoms with van der Waals surface area (Å²) in [5.74, 6) is -0.229. The highest BCUT2D eigenvalue weighted by atomic mass is 16.6. The van der Waals surface area contributed by atoms with Crippen LogP contribution < -0.4 is 14.4 Å². The summed E-state index contributed by atoms with van der Waals surface area (Å²) in [7, 11) is 0. The molecule has 0 saturated heterocycles. The van der Waals surface area contributed by atoms with E-state index in [0.29, 0.717) is 45.3 Å². The maximum absolute atomic E-state index is 13.7. The lowest BCUT2D eigenvalue weighted by Crippen LogP contribution is -2.41. The van der Waals surface area contributed by atoms with E-state index in [1.165, 1.54) is 60.7 Å². The van der Waals surface area contributed by atoms with E-state index in [4.69, 9.17) is 9.47 Å². The number of anilines is 1. The van der Waals surface area contributed by atoms with Gasteiger partial charge in [0.25, 0.3) is 23.2 Å². The van der Waals surface area contributed by atoms with Crippen LogP contribution >= 0.6 is 0 Å². The van der Waals surface area contributed by atoms with Gasteiger partial charge in [-0.2, -0.15) is 0 Å². The number of phenolic OH excluding ortho intramolecular Hbond substituents is 1. The predicted octanol–water partition coefficient (Wildman–Crippen LogP) is 7.88. The van der Waals surface area contributed by atoms with Gasteiger partial charge in [0.2, 0.25) is 0 Å². The highest BCUT2D eigenvalue weighted by molar-refractivity contribution is 6.33. The van der Waals surface area contributed by atoms with Gasteiger partial charge in [-0.3, -0.25) is 29.8 Å². The number of non-ortho nitro benzene ring substituents is 2. The molecule has 12 nitrogen and oxygen atoms in total. The standard InChI is InChI=1S/C34H23N3O9/c1-19-3-7-23(36(41)42)15-30(19)45-26-11-5-21(6-12-26)32-28-17-25(38)18-29(32)34(40)35(33(28)39)22-9-13-27(14-10-22)46-31-16-24(37(43)44)8-4-20(31)2/h3-18,38H,1-2H3. The van der Waals surface area contributed by atoms with Crippen LogP contribution in [0.1, 0.15) is 31.8 Å². The Bertz CT molecular complexity index is 2040. The van der Waals surface area contributed by atoms with Crippen molar-refractivity contribution < 1.29 is 34.0 Å². The van der Waals surface area contributed by atoms with E-state index in [-0.39, 0.29) is 33.9 Å². The molecule has 0 aliphatic carbocycles. The van der Waals surface area contributed by atoms with E-state index in [2.05, 4.69) is 0 Å². The number of ether oxygens (including phenoxy) is 2. The Kier molecular flexibility index (Phi) is 7.38. The Hall–Kier alpha value is -6.56. The Morgan fingerprint density at radius 3 is 1.50 bits per heavy atom. The molecular formula is C34H23N3O9. The summed E-state index contributed by atoms with van der Waals surface area (Å²) in [4.78, 5) is 49.8. The SMILES string of the molecule is Cc1ccc([N+](=O)[O-])cc1Oc1ccc(-c2c3cc(O)cc2C(=O)N(c2ccc(Oc4cc([N+](=O)[O-])ccc4C)cc2)C3=O)cc1. The Morgan fingerprint density at radius 1 is 0.630 bits per heavy atom. The van der Waals surface area contributed by atoms with Gasteiger partial charge in [-0.25, -0.2) is 4.90 Å². The number of hydrogen-bond acceptors (Lipinski definition) is 9. The van der Waals surface area contributed by atoms with Gasteiger partial charge < -0.3 is 14.6 Å². The summed E-state index contributed by atoms with van der Waals surface area (Å²) < 4.78 is 11.7. The number of imide groups is 1. The van der Waals surface area contributed by atoms with Gasteiger partial charge in [0, 0.05) is 17.7 Å². The molecule has 0 radical (unpaired) electrons. The molecule has 0 spiro atoms. The first-order valence-corrected chi connectivity index (χ1v) is 13.8. The Labute approximate surface area is 261 Å². The zero-order valence-electron chi connectivity index (χ0n) is 24.3. The van der Waals surface area contributed by atoms with Gasteiger partial charge in [0.1, 0.15) is 28.7 Å². The van der Waals surface area contributed by atoms with Crippen LogP contribution in [0.3, 0.4) is 0 Å². The first-order valence-electron chi connectivity index (χ1n) is 13.8. The lowest BCUT2D eigenvalue weighted by atomic mass is 9.89. The minimum atomic E-state index is -0.654. The molecule has 1 aliphatic heterocycles. The third-order valence-electron chi connectivity index (χ3n) is 7.45. The fourth-order valence-electron chi connectivity index (χ4n) is 5.07. The number of aryl methyl sites for hydroxylation is 2. The molecular weight excluding hydrogens is 594 g/mol. The first-order chi connectivity index (χ1) is 22.0. The zero-order valence-corrected chi connectivity index (χ0v) is 24.3. The highest BCUT2D eigenvalue weighted by Gasteiger charge is 2.37. The van der Waals surface area contributed by atoms with Crippen LogP contribution in [-0.2, 0) is 0 Å². The van der Waals surface area contributed by atoms with Crippen molar-refractivity contribution in [1.82, 2.24) is 0 Å². The first kappa shape index (κ1) is 29.5. The summed E-state index contributed by atoms with van der Waals surface area (Å²) in [6.07, 6.45) is 0. The number of aromatic hydroxyl groups is 1. The maximum atomic E-state index is 13.7. The van der Waals surface area contributed by atoms with Crippen LogP contribution in [0.25, 0.3) is 11.1 Å². The molecule has 0 atom stereocenters. The van der Waals surface area contributed by atoms with E-state index in [1.807, 2.05) is 0 Å². The molecule has 12 heteroatoms. The van der Waals surface area contributed by atoms with Gasteiger partial charge in [-0.05, 0) is 91.2 Å². The molecule has 1 heterocycles. The molecule has 0 fully saturated rings. The molecule has 0 aromatic heterocycles. The third kappa shape index (κ3) is 5.46. The topological polar surface area (TPSA) is 162 Å². The van der Waals surface area contributed by atoms with Crippen LogP contribution in [-0.4, -0.2) is 26.8 Å². The number of nitro benzene ring substituents is 2. The van der Waals surface area contributed by atoms with Crippen LogP contribution in [0.4, 0.5) is 17.1 Å². The Morgan fingerprint density at radius 2 is 1.07 bits per heavy atom. The monoisotopic (exact) mass is 617 g/mol. The van der Waals surface area contributed by atoms with Gasteiger partial charge in [0.05, 0.1) is 38.8 Å². The summed E-state index contributed by atoms with van der Waals surface area (Å²) in [6, 6.07) is 23.8. The molecule has 228 valence electrons. The molecule has 2 amide bonds. The largest absolute Gasteiger partial charge is 0.508 e. The highest BCUT2D eigenvalue weighted by Crippen LogP contribution is 2.40. The van der Waals surface area contributed by atoms with Crippen molar-refractivity contribution in [1.29, 1.82) is 0 Å². The van der Waals surface area contributed by atoms with Crippen LogP contribution in [0, 0.1) is 34.1 Å². The number of rotatable bonds is 8. The van der Waals surface area contributed by atoms with Crippen molar-refractivity contribution in [2.75, 3.05) is 4.90 Å². The molecule has 5 aromatic carbocycles. The molecule has 1 N–H and O–H groups in total. The molecule has 0 unspecified atom stereocenters. The summed E-state index contributed by atoms with van der Waals surface area (Å²) in [5, 5.41) is 32.7. The maximum Gasteiger partial charge on any atom is 0.273 e. The third-order valence-corrected chi connectivity index (χ3v) is 7.45. The molecule has 2 bridgehead atoms. The number of amides is 2. The normalized spacial score (nSPS) is 12.2. The van der Waals surface area contributed by atoms with Gasteiger partial charge in [-0.15, -0.1) is 0 Å². The van der Waals surface area contributed by atoms with Crippen molar-refractivity contribution in [2.24, 2.45) is 0 Å². The fraction of sp³-hybridized carbons (Fsp3) is 0.0588. The van der Waals surface area contributed by atoms with Crippen LogP contribution in [0.2, 0.25) is 0 Å². The van der Waals surface area contributed by atoms with Gasteiger partial charge >= 0.3 is 0 Å². The van der Waals surface area contributed by atoms with Crippen molar-refractivity contribution in [3.05, 3.63) is 140 Å². The smallest absolute Gasteiger partial charge is 0.273 e. The quantitative estimate of drug-likeness (QED) is 0.104.